The average Bonchev–Trinajstić information content (AvgIpc) is 3.09. The number of amides is 3. The largest absolute Gasteiger partial charge is 0.361 e. The Morgan fingerprint density at radius 3 is 2.77 bits per heavy atom. The number of hydrogen-bond acceptors (Lipinski definition) is 2. The molecule has 5 N–H and O–H groups in total. The van der Waals surface area contributed by atoms with Gasteiger partial charge in [-0.3, -0.25) is 4.79 Å². The van der Waals surface area contributed by atoms with Crippen molar-refractivity contribution in [3.05, 3.63) is 47.8 Å². The van der Waals surface area contributed by atoms with E-state index in [-0.39, 0.29) is 5.91 Å². The molecule has 1 aliphatic rings. The Kier molecular flexibility index (Phi) is 3.42. The van der Waals surface area contributed by atoms with Crippen molar-refractivity contribution in [2.45, 2.75) is 13.3 Å². The molecule has 0 spiro atoms. The van der Waals surface area contributed by atoms with Gasteiger partial charge in [0.1, 0.15) is 0 Å². The Labute approximate surface area is 127 Å². The molecule has 0 bridgehead atoms. The Hall–Kier alpha value is -3.02. The van der Waals surface area contributed by atoms with Crippen molar-refractivity contribution in [2.75, 3.05) is 10.6 Å². The molecular weight excluding hydrogens is 280 g/mol. The predicted molar refractivity (Wildman–Crippen MR) is 86.2 cm³/mol. The molecule has 0 unspecified atom stereocenters. The van der Waals surface area contributed by atoms with Crippen molar-refractivity contribution in [3.63, 3.8) is 0 Å². The second kappa shape index (κ2) is 5.40. The first-order valence-electron chi connectivity index (χ1n) is 6.99. The van der Waals surface area contributed by atoms with Crippen LogP contribution in [-0.2, 0) is 4.79 Å². The molecule has 0 radical (unpaired) electrons. The van der Waals surface area contributed by atoms with E-state index in [2.05, 4.69) is 15.6 Å². The van der Waals surface area contributed by atoms with Gasteiger partial charge in [-0.2, -0.15) is 0 Å². The van der Waals surface area contributed by atoms with Gasteiger partial charge >= 0.3 is 6.03 Å². The lowest BCUT2D eigenvalue weighted by atomic mass is 9.96. The number of hydrogen-bond donors (Lipinski definition) is 4. The fourth-order valence-electron chi connectivity index (χ4n) is 2.71. The number of allylic oxidation sites excluding steroid dienone is 1. The van der Waals surface area contributed by atoms with Crippen molar-refractivity contribution >= 4 is 34.5 Å². The van der Waals surface area contributed by atoms with E-state index in [1.807, 2.05) is 25.3 Å². The zero-order chi connectivity index (χ0) is 15.7. The van der Waals surface area contributed by atoms with Gasteiger partial charge in [0.25, 0.3) is 5.91 Å². The van der Waals surface area contributed by atoms with Crippen molar-refractivity contribution in [2.24, 2.45) is 5.73 Å². The second-order valence-corrected chi connectivity index (χ2v) is 4.99. The first-order chi connectivity index (χ1) is 10.6. The van der Waals surface area contributed by atoms with Crippen LogP contribution in [0.5, 0.6) is 0 Å². The third-order valence-electron chi connectivity index (χ3n) is 3.61. The summed E-state index contributed by atoms with van der Waals surface area (Å²) in [5.74, 6) is -0.141. The number of H-pyrrole nitrogens is 1. The molecule has 3 amide bonds. The van der Waals surface area contributed by atoms with Crippen LogP contribution in [-0.4, -0.2) is 16.9 Å². The number of primary amides is 1. The molecule has 6 nitrogen and oxygen atoms in total. The minimum absolute atomic E-state index is 0.141. The maximum absolute atomic E-state index is 12.4. The van der Waals surface area contributed by atoms with Gasteiger partial charge in [0, 0.05) is 28.8 Å². The first kappa shape index (κ1) is 13.9. The number of nitrogens with two attached hydrogens (primary N) is 1. The molecule has 0 saturated carbocycles. The van der Waals surface area contributed by atoms with E-state index in [0.717, 1.165) is 22.5 Å². The molecule has 0 atom stereocenters. The average molecular weight is 296 g/mol. The number of benzene rings is 1. The molecule has 1 aromatic carbocycles. The van der Waals surface area contributed by atoms with Gasteiger partial charge in [-0.15, -0.1) is 0 Å². The van der Waals surface area contributed by atoms with E-state index in [9.17, 15) is 9.59 Å². The fraction of sp³-hybridized carbons (Fsp3) is 0.125. The van der Waals surface area contributed by atoms with E-state index in [0.29, 0.717) is 17.7 Å². The van der Waals surface area contributed by atoms with E-state index in [1.54, 1.807) is 18.2 Å². The Morgan fingerprint density at radius 1 is 1.32 bits per heavy atom. The molecule has 22 heavy (non-hydrogen) atoms. The van der Waals surface area contributed by atoms with Crippen LogP contribution in [0.15, 0.2) is 36.5 Å². The SMILES string of the molecule is CC/C(=C1/C(=O)Nc2ccc(NC(N)=O)cc21)c1ccc[nH]1. The summed E-state index contributed by atoms with van der Waals surface area (Å²) in [5.41, 5.74) is 9.66. The molecule has 1 aromatic heterocycles. The van der Waals surface area contributed by atoms with Gasteiger partial charge < -0.3 is 21.4 Å². The number of urea groups is 1. The molecule has 112 valence electrons. The summed E-state index contributed by atoms with van der Waals surface area (Å²) >= 11 is 0. The van der Waals surface area contributed by atoms with Gasteiger partial charge in [-0.05, 0) is 42.3 Å². The lowest BCUT2D eigenvalue weighted by Gasteiger charge is -2.08. The standard InChI is InChI=1S/C16H16N4O2/c1-2-10(12-4-3-7-18-12)14-11-8-9(19-16(17)22)5-6-13(11)20-15(14)21/h3-8,18H,2H2,1H3,(H,20,21)(H3,17,19,22)/b14-10-. The molecule has 2 heterocycles. The maximum Gasteiger partial charge on any atom is 0.316 e. The molecule has 2 aromatic rings. The Balaban J connectivity index is 2.15. The van der Waals surface area contributed by atoms with E-state index in [4.69, 9.17) is 5.73 Å². The number of nitrogens with one attached hydrogen (secondary N) is 3. The van der Waals surface area contributed by atoms with Crippen LogP contribution in [0.1, 0.15) is 24.6 Å². The number of aromatic amines is 1. The number of anilines is 2. The van der Waals surface area contributed by atoms with Crippen molar-refractivity contribution in [1.29, 1.82) is 0 Å². The molecular formula is C16H16N4O2. The number of carbonyl (C=O) groups excluding carboxylic acids is 2. The van der Waals surface area contributed by atoms with Crippen LogP contribution in [0.25, 0.3) is 11.1 Å². The monoisotopic (exact) mass is 296 g/mol. The molecule has 0 aliphatic carbocycles. The van der Waals surface area contributed by atoms with E-state index >= 15 is 0 Å². The minimum atomic E-state index is -0.636. The van der Waals surface area contributed by atoms with Crippen LogP contribution in [0.2, 0.25) is 0 Å². The van der Waals surface area contributed by atoms with E-state index in [1.165, 1.54) is 0 Å². The lowest BCUT2D eigenvalue weighted by molar-refractivity contribution is -0.110. The number of aromatic nitrogens is 1. The van der Waals surface area contributed by atoms with E-state index < -0.39 is 6.03 Å². The normalized spacial score (nSPS) is 15.2. The molecule has 0 saturated heterocycles. The van der Waals surface area contributed by atoms with Crippen LogP contribution < -0.4 is 16.4 Å². The fourth-order valence-corrected chi connectivity index (χ4v) is 2.71. The maximum atomic E-state index is 12.4. The van der Waals surface area contributed by atoms with Gasteiger partial charge in [0.2, 0.25) is 0 Å². The van der Waals surface area contributed by atoms with Gasteiger partial charge in [0.15, 0.2) is 0 Å². The highest BCUT2D eigenvalue weighted by atomic mass is 16.2. The minimum Gasteiger partial charge on any atom is -0.361 e. The molecule has 1 aliphatic heterocycles. The zero-order valence-corrected chi connectivity index (χ0v) is 12.1. The summed E-state index contributed by atoms with van der Waals surface area (Å²) in [5, 5.41) is 5.38. The second-order valence-electron chi connectivity index (χ2n) is 4.99. The van der Waals surface area contributed by atoms with Gasteiger partial charge in [-0.25, -0.2) is 4.79 Å². The third-order valence-corrected chi connectivity index (χ3v) is 3.61. The highest BCUT2D eigenvalue weighted by molar-refractivity contribution is 6.36. The molecule has 0 fully saturated rings. The predicted octanol–water partition coefficient (Wildman–Crippen LogP) is 2.78. The topological polar surface area (TPSA) is 100 Å². The number of fused-ring (bicyclic) bond motifs is 1. The Morgan fingerprint density at radius 2 is 2.14 bits per heavy atom. The first-order valence-corrected chi connectivity index (χ1v) is 6.99. The van der Waals surface area contributed by atoms with Crippen LogP contribution in [0.3, 0.4) is 0 Å². The van der Waals surface area contributed by atoms with Gasteiger partial charge in [0.05, 0.1) is 5.57 Å². The quantitative estimate of drug-likeness (QED) is 0.655. The van der Waals surface area contributed by atoms with Gasteiger partial charge in [-0.1, -0.05) is 6.92 Å². The van der Waals surface area contributed by atoms with Crippen molar-refractivity contribution in [3.8, 4) is 0 Å². The Bertz CT molecular complexity index is 775. The summed E-state index contributed by atoms with van der Waals surface area (Å²) in [7, 11) is 0. The number of rotatable bonds is 3. The smallest absolute Gasteiger partial charge is 0.316 e. The highest BCUT2D eigenvalue weighted by Gasteiger charge is 2.28. The van der Waals surface area contributed by atoms with Crippen LogP contribution >= 0.6 is 0 Å². The summed E-state index contributed by atoms with van der Waals surface area (Å²) < 4.78 is 0. The summed E-state index contributed by atoms with van der Waals surface area (Å²) in [6.07, 6.45) is 2.53. The molecule has 6 heteroatoms. The third kappa shape index (κ3) is 2.35. The number of carbonyl (C=O) groups is 2. The van der Waals surface area contributed by atoms with Crippen molar-refractivity contribution < 1.29 is 9.59 Å². The van der Waals surface area contributed by atoms with Crippen LogP contribution in [0, 0.1) is 0 Å². The van der Waals surface area contributed by atoms with Crippen LogP contribution in [0.4, 0.5) is 16.2 Å². The highest BCUT2D eigenvalue weighted by Crippen LogP contribution is 2.39. The summed E-state index contributed by atoms with van der Waals surface area (Å²) in [6, 6.07) is 8.40. The zero-order valence-electron chi connectivity index (χ0n) is 12.1. The summed E-state index contributed by atoms with van der Waals surface area (Å²) in [6.45, 7) is 2.00. The molecule has 3 rings (SSSR count). The summed E-state index contributed by atoms with van der Waals surface area (Å²) in [4.78, 5) is 26.5. The van der Waals surface area contributed by atoms with Crippen molar-refractivity contribution in [1.82, 2.24) is 4.98 Å². The lowest BCUT2D eigenvalue weighted by Crippen LogP contribution is -2.19.